The van der Waals surface area contributed by atoms with E-state index in [2.05, 4.69) is 0 Å². The first kappa shape index (κ1) is 13.2. The zero-order valence-corrected chi connectivity index (χ0v) is 8.87. The molecule has 0 radical (unpaired) electrons. The fraction of sp³-hybridized carbons (Fsp3) is 0.182. The summed E-state index contributed by atoms with van der Waals surface area (Å²) in [4.78, 5) is 10.9. The molecule has 0 bridgehead atoms. The Kier molecular flexibility index (Phi) is 3.84. The number of hydrogen-bond acceptors (Lipinski definition) is 5. The van der Waals surface area contributed by atoms with Crippen LogP contribution in [0.2, 0.25) is 0 Å². The van der Waals surface area contributed by atoms with Crippen LogP contribution in [0.4, 0.5) is 0 Å². The predicted octanol–water partition coefficient (Wildman–Crippen LogP) is -0.843. The molecule has 0 unspecified atom stereocenters. The van der Waals surface area contributed by atoms with Gasteiger partial charge in [-0.1, -0.05) is 30.3 Å². The maximum absolute atomic E-state index is 10.9. The molecule has 0 saturated heterocycles. The molecule has 6 N–H and O–H groups in total. The van der Waals surface area contributed by atoms with E-state index in [1.807, 2.05) is 0 Å². The lowest BCUT2D eigenvalue weighted by Gasteiger charge is -2.17. The Hall–Kier alpha value is -1.89. The van der Waals surface area contributed by atoms with E-state index >= 15 is 0 Å². The second-order valence-electron chi connectivity index (χ2n) is 3.48. The second-order valence-corrected chi connectivity index (χ2v) is 3.48. The summed E-state index contributed by atoms with van der Waals surface area (Å²) in [6.07, 6.45) is -0.150. The van der Waals surface area contributed by atoms with Gasteiger partial charge in [-0.25, -0.2) is 0 Å². The van der Waals surface area contributed by atoms with Crippen molar-refractivity contribution in [2.75, 3.05) is 0 Å². The van der Waals surface area contributed by atoms with Crippen molar-refractivity contribution in [3.8, 4) is 0 Å². The van der Waals surface area contributed by atoms with Crippen LogP contribution in [0.3, 0.4) is 0 Å². The second kappa shape index (κ2) is 4.96. The van der Waals surface area contributed by atoms with Crippen molar-refractivity contribution in [2.24, 2.45) is 5.73 Å². The maximum atomic E-state index is 10.9. The molecule has 6 heteroatoms. The molecule has 0 aliphatic carbocycles. The van der Waals surface area contributed by atoms with E-state index in [0.717, 1.165) is 0 Å². The van der Waals surface area contributed by atoms with E-state index in [-0.39, 0.29) is 6.42 Å². The van der Waals surface area contributed by atoms with Crippen LogP contribution in [0.5, 0.6) is 0 Å². The van der Waals surface area contributed by atoms with Gasteiger partial charge in [0.25, 0.3) is 5.91 Å². The predicted molar refractivity (Wildman–Crippen MR) is 58.4 cm³/mol. The average Bonchev–Trinajstić information content (AvgIpc) is 2.15. The third-order valence-corrected chi connectivity index (χ3v) is 2.08. The van der Waals surface area contributed by atoms with E-state index in [1.165, 1.54) is 0 Å². The van der Waals surface area contributed by atoms with E-state index in [1.54, 1.807) is 30.3 Å². The third-order valence-electron chi connectivity index (χ3n) is 2.08. The Morgan fingerprint density at radius 1 is 1.18 bits per heavy atom. The van der Waals surface area contributed by atoms with Crippen LogP contribution in [-0.2, 0) is 11.2 Å². The first-order chi connectivity index (χ1) is 7.82. The van der Waals surface area contributed by atoms with Gasteiger partial charge in [0, 0.05) is 6.42 Å². The summed E-state index contributed by atoms with van der Waals surface area (Å²) in [5, 5.41) is 36.2. The molecule has 0 atom stereocenters. The van der Waals surface area contributed by atoms with Crippen LogP contribution >= 0.6 is 0 Å². The van der Waals surface area contributed by atoms with Crippen molar-refractivity contribution in [2.45, 2.75) is 12.4 Å². The number of allylic oxidation sites excluding steroid dienone is 1. The van der Waals surface area contributed by atoms with Gasteiger partial charge in [0.15, 0.2) is 0 Å². The molecular formula is C11H13NO5. The van der Waals surface area contributed by atoms with Gasteiger partial charge in [-0.3, -0.25) is 4.79 Å². The highest BCUT2D eigenvalue weighted by Gasteiger charge is 2.33. The Morgan fingerprint density at radius 2 is 1.71 bits per heavy atom. The average molecular weight is 239 g/mol. The molecule has 0 saturated carbocycles. The van der Waals surface area contributed by atoms with Gasteiger partial charge < -0.3 is 26.2 Å². The SMILES string of the molecule is NC(=O)C(=C(O)Cc1ccccc1)C(O)(O)O. The topological polar surface area (TPSA) is 124 Å². The van der Waals surface area contributed by atoms with Crippen LogP contribution in [0.1, 0.15) is 5.56 Å². The molecule has 6 nitrogen and oxygen atoms in total. The number of nitrogens with two attached hydrogens (primary N) is 1. The Bertz CT molecular complexity index is 433. The van der Waals surface area contributed by atoms with E-state index in [9.17, 15) is 9.90 Å². The number of amides is 1. The minimum absolute atomic E-state index is 0.150. The van der Waals surface area contributed by atoms with Gasteiger partial charge in [-0.15, -0.1) is 0 Å². The number of rotatable bonds is 4. The van der Waals surface area contributed by atoms with Crippen molar-refractivity contribution < 1.29 is 25.2 Å². The van der Waals surface area contributed by atoms with Gasteiger partial charge in [0.2, 0.25) is 0 Å². The third kappa shape index (κ3) is 3.56. The lowest BCUT2D eigenvalue weighted by atomic mass is 10.1. The molecule has 0 aromatic heterocycles. The van der Waals surface area contributed by atoms with Crippen LogP contribution in [0.25, 0.3) is 0 Å². The molecule has 1 aromatic carbocycles. The lowest BCUT2D eigenvalue weighted by Crippen LogP contribution is -2.38. The van der Waals surface area contributed by atoms with Crippen LogP contribution < -0.4 is 5.73 Å². The van der Waals surface area contributed by atoms with Crippen LogP contribution in [0, 0.1) is 0 Å². The van der Waals surface area contributed by atoms with E-state index < -0.39 is 23.2 Å². The Labute approximate surface area is 97.2 Å². The smallest absolute Gasteiger partial charge is 0.313 e. The minimum atomic E-state index is -3.45. The van der Waals surface area contributed by atoms with Gasteiger partial charge in [-0.05, 0) is 5.56 Å². The number of carbonyl (C=O) groups excluding carboxylic acids is 1. The molecule has 0 spiro atoms. The maximum Gasteiger partial charge on any atom is 0.313 e. The fourth-order valence-electron chi connectivity index (χ4n) is 1.38. The minimum Gasteiger partial charge on any atom is -0.511 e. The molecule has 92 valence electrons. The number of aliphatic hydroxyl groups is 4. The number of hydrogen-bond donors (Lipinski definition) is 5. The first-order valence-corrected chi connectivity index (χ1v) is 4.76. The highest BCUT2D eigenvalue weighted by molar-refractivity contribution is 5.93. The summed E-state index contributed by atoms with van der Waals surface area (Å²) in [6.45, 7) is 0. The first-order valence-electron chi connectivity index (χ1n) is 4.76. The molecule has 0 aliphatic rings. The van der Waals surface area contributed by atoms with Crippen molar-refractivity contribution in [3.63, 3.8) is 0 Å². The van der Waals surface area contributed by atoms with Gasteiger partial charge >= 0.3 is 5.97 Å². The molecular weight excluding hydrogens is 226 g/mol. The standard InChI is InChI=1S/C11H13NO5/c12-10(14)9(11(15,16)17)8(13)6-7-4-2-1-3-5-7/h1-5,13,15-17H,6H2,(H2,12,14). The summed E-state index contributed by atoms with van der Waals surface area (Å²) < 4.78 is 0. The highest BCUT2D eigenvalue weighted by atomic mass is 16.7. The summed E-state index contributed by atoms with van der Waals surface area (Å²) >= 11 is 0. The number of primary amides is 1. The highest BCUT2D eigenvalue weighted by Crippen LogP contribution is 2.17. The molecule has 1 amide bonds. The summed E-state index contributed by atoms with van der Waals surface area (Å²) in [5.41, 5.74) is 4.42. The molecule has 0 aliphatic heterocycles. The van der Waals surface area contributed by atoms with E-state index in [0.29, 0.717) is 5.56 Å². The van der Waals surface area contributed by atoms with Crippen molar-refractivity contribution in [3.05, 3.63) is 47.2 Å². The van der Waals surface area contributed by atoms with Crippen LogP contribution in [-0.4, -0.2) is 32.3 Å². The van der Waals surface area contributed by atoms with Gasteiger partial charge in [0.05, 0.1) is 0 Å². The molecule has 1 rings (SSSR count). The van der Waals surface area contributed by atoms with Crippen molar-refractivity contribution in [1.82, 2.24) is 0 Å². The van der Waals surface area contributed by atoms with E-state index in [4.69, 9.17) is 21.1 Å². The molecule has 0 fully saturated rings. The van der Waals surface area contributed by atoms with Crippen molar-refractivity contribution >= 4 is 5.91 Å². The number of aliphatic hydroxyl groups excluding tert-OH is 1. The lowest BCUT2D eigenvalue weighted by molar-refractivity contribution is -0.281. The number of carbonyl (C=O) groups is 1. The Balaban J connectivity index is 3.06. The monoisotopic (exact) mass is 239 g/mol. The zero-order valence-electron chi connectivity index (χ0n) is 8.87. The van der Waals surface area contributed by atoms with Crippen LogP contribution in [0.15, 0.2) is 41.7 Å². The largest absolute Gasteiger partial charge is 0.511 e. The number of benzene rings is 1. The van der Waals surface area contributed by atoms with Gasteiger partial charge in [0.1, 0.15) is 11.3 Å². The fourth-order valence-corrected chi connectivity index (χ4v) is 1.38. The summed E-state index contributed by atoms with van der Waals surface area (Å²) in [7, 11) is 0. The zero-order chi connectivity index (χ0) is 13.1. The normalized spacial score (nSPS) is 13.1. The quantitative estimate of drug-likeness (QED) is 0.266. The van der Waals surface area contributed by atoms with Gasteiger partial charge in [-0.2, -0.15) is 0 Å². The molecule has 0 heterocycles. The van der Waals surface area contributed by atoms with Crippen molar-refractivity contribution in [1.29, 1.82) is 0 Å². The summed E-state index contributed by atoms with van der Waals surface area (Å²) in [6, 6.07) is 8.48. The molecule has 17 heavy (non-hydrogen) atoms. The molecule has 1 aromatic rings. The Morgan fingerprint density at radius 3 is 2.12 bits per heavy atom. The summed E-state index contributed by atoms with van der Waals surface area (Å²) in [5.74, 6) is -5.47.